The van der Waals surface area contributed by atoms with E-state index < -0.39 is 108 Å². The normalized spacial score (nSPS) is 59.2. The van der Waals surface area contributed by atoms with Gasteiger partial charge < -0.3 is 69.6 Å². The summed E-state index contributed by atoms with van der Waals surface area (Å²) < 4.78 is 30.6. The summed E-state index contributed by atoms with van der Waals surface area (Å²) in [6.45, 7) is 15.4. The molecule has 0 aromatic heterocycles. The van der Waals surface area contributed by atoms with Crippen molar-refractivity contribution >= 4 is 0 Å². The zero-order valence-electron chi connectivity index (χ0n) is 34.5. The molecule has 8 aliphatic rings. The first-order valence-corrected chi connectivity index (χ1v) is 21.3. The fourth-order valence-corrected chi connectivity index (χ4v) is 14.7. The molecule has 2 spiro atoms. The van der Waals surface area contributed by atoms with Gasteiger partial charge in [-0.25, -0.2) is 0 Å². The highest BCUT2D eigenvalue weighted by molar-refractivity contribution is 5.33. The fourth-order valence-electron chi connectivity index (χ4n) is 14.7. The van der Waals surface area contributed by atoms with Crippen LogP contribution in [0, 0.1) is 44.8 Å². The predicted molar refractivity (Wildman–Crippen MR) is 198 cm³/mol. The van der Waals surface area contributed by atoms with Crippen molar-refractivity contribution in [3.63, 3.8) is 0 Å². The van der Waals surface area contributed by atoms with Crippen LogP contribution in [-0.4, -0.2) is 150 Å². The van der Waals surface area contributed by atoms with Gasteiger partial charge in [0.2, 0.25) is 0 Å². The lowest BCUT2D eigenvalue weighted by Crippen LogP contribution is -2.65. The van der Waals surface area contributed by atoms with Crippen LogP contribution in [0.3, 0.4) is 0 Å². The number of hydrogen-bond acceptors (Lipinski definition) is 14. The molecule has 5 aliphatic carbocycles. The molecule has 3 heterocycles. The number of rotatable bonds is 7. The van der Waals surface area contributed by atoms with Crippen LogP contribution >= 0.6 is 0 Å². The summed E-state index contributed by atoms with van der Waals surface area (Å²) in [7, 11) is 0. The van der Waals surface area contributed by atoms with E-state index in [2.05, 4.69) is 34.6 Å². The van der Waals surface area contributed by atoms with Crippen LogP contribution in [0.25, 0.3) is 0 Å². The number of ether oxygens (including phenoxy) is 5. The first kappa shape index (κ1) is 42.1. The van der Waals surface area contributed by atoms with Gasteiger partial charge in [0, 0.05) is 11.3 Å². The van der Waals surface area contributed by atoms with Gasteiger partial charge in [-0.05, 0) is 119 Å². The second-order valence-electron chi connectivity index (χ2n) is 21.5. The Morgan fingerprint density at radius 1 is 0.750 bits per heavy atom. The number of aliphatic hydroxyl groups excluding tert-OH is 8. The highest BCUT2D eigenvalue weighted by Crippen LogP contribution is 2.89. The Morgan fingerprint density at radius 3 is 2.05 bits per heavy atom. The van der Waals surface area contributed by atoms with Gasteiger partial charge in [0.15, 0.2) is 12.6 Å². The first-order valence-electron chi connectivity index (χ1n) is 21.3. The van der Waals surface area contributed by atoms with Crippen molar-refractivity contribution in [1.29, 1.82) is 0 Å². The van der Waals surface area contributed by atoms with Gasteiger partial charge in [-0.3, -0.25) is 0 Å². The van der Waals surface area contributed by atoms with E-state index in [9.17, 15) is 46.0 Å². The van der Waals surface area contributed by atoms with Gasteiger partial charge in [-0.15, -0.1) is 0 Å². The van der Waals surface area contributed by atoms with Crippen LogP contribution in [0.4, 0.5) is 0 Å². The second-order valence-corrected chi connectivity index (χ2v) is 21.5. The molecule has 8 rings (SSSR count). The molecular formula is C42H70O14. The van der Waals surface area contributed by atoms with Gasteiger partial charge >= 0.3 is 0 Å². The molecule has 0 amide bonds. The zero-order chi connectivity index (χ0) is 40.9. The lowest BCUT2D eigenvalue weighted by atomic mass is 9.42. The fraction of sp³-hybridized carbons (Fsp3) is 1.00. The van der Waals surface area contributed by atoms with E-state index in [1.165, 1.54) is 6.92 Å². The minimum Gasteiger partial charge on any atom is -0.394 e. The Balaban J connectivity index is 0.987. The highest BCUT2D eigenvalue weighted by atomic mass is 16.7. The lowest BCUT2D eigenvalue weighted by Gasteiger charge is -2.64. The molecule has 0 bridgehead atoms. The molecule has 3 saturated heterocycles. The third kappa shape index (κ3) is 5.71. The Kier molecular flexibility index (Phi) is 10.1. The van der Waals surface area contributed by atoms with E-state index in [0.717, 1.165) is 44.9 Å². The van der Waals surface area contributed by atoms with Crippen molar-refractivity contribution in [2.45, 2.75) is 210 Å². The lowest BCUT2D eigenvalue weighted by molar-refractivity contribution is -0.366. The molecule has 0 aromatic rings. The predicted octanol–water partition coefficient (Wildman–Crippen LogP) is 1.11. The van der Waals surface area contributed by atoms with E-state index >= 15 is 0 Å². The molecular weight excluding hydrogens is 728 g/mol. The summed E-state index contributed by atoms with van der Waals surface area (Å²) in [5.41, 5.74) is -2.85. The molecule has 56 heavy (non-hydrogen) atoms. The van der Waals surface area contributed by atoms with E-state index in [1.807, 2.05) is 0 Å². The maximum Gasteiger partial charge on any atom is 0.187 e. The summed E-state index contributed by atoms with van der Waals surface area (Å²) in [6, 6.07) is 0. The summed E-state index contributed by atoms with van der Waals surface area (Å²) in [5.74, 6) is -0.0960. The van der Waals surface area contributed by atoms with Crippen LogP contribution in [0.5, 0.6) is 0 Å². The molecule has 5 saturated carbocycles. The molecule has 322 valence electrons. The van der Waals surface area contributed by atoms with E-state index in [0.29, 0.717) is 12.8 Å². The number of fused-ring (bicyclic) bond motifs is 2. The minimum absolute atomic E-state index is 0.0349. The zero-order valence-corrected chi connectivity index (χ0v) is 34.5. The third-order valence-electron chi connectivity index (χ3n) is 18.0. The van der Waals surface area contributed by atoms with E-state index in [4.69, 9.17) is 23.7 Å². The Hall–Kier alpha value is -0.560. The molecule has 9 N–H and O–H groups in total. The van der Waals surface area contributed by atoms with Gasteiger partial charge in [-0.2, -0.15) is 0 Å². The third-order valence-corrected chi connectivity index (χ3v) is 18.0. The maximum absolute atomic E-state index is 12.6. The largest absolute Gasteiger partial charge is 0.394 e. The monoisotopic (exact) mass is 798 g/mol. The van der Waals surface area contributed by atoms with Crippen LogP contribution in [0.2, 0.25) is 0 Å². The Morgan fingerprint density at radius 2 is 1.41 bits per heavy atom. The van der Waals surface area contributed by atoms with Gasteiger partial charge in [0.1, 0.15) is 42.7 Å². The van der Waals surface area contributed by atoms with Gasteiger partial charge in [-0.1, -0.05) is 27.7 Å². The van der Waals surface area contributed by atoms with Crippen molar-refractivity contribution in [3.05, 3.63) is 0 Å². The van der Waals surface area contributed by atoms with Crippen LogP contribution < -0.4 is 0 Å². The van der Waals surface area contributed by atoms with Crippen LogP contribution in [0.1, 0.15) is 113 Å². The molecule has 14 heteroatoms. The molecule has 0 aromatic carbocycles. The van der Waals surface area contributed by atoms with Crippen LogP contribution in [0.15, 0.2) is 0 Å². The second kappa shape index (κ2) is 13.5. The van der Waals surface area contributed by atoms with Crippen molar-refractivity contribution in [2.24, 2.45) is 44.8 Å². The molecule has 14 nitrogen and oxygen atoms in total. The van der Waals surface area contributed by atoms with Crippen molar-refractivity contribution in [1.82, 2.24) is 0 Å². The van der Waals surface area contributed by atoms with Crippen LogP contribution in [-0.2, 0) is 23.7 Å². The van der Waals surface area contributed by atoms with Crippen molar-refractivity contribution in [2.75, 3.05) is 6.61 Å². The smallest absolute Gasteiger partial charge is 0.187 e. The standard InChI is InChI=1S/C42H70O14/c1-19-26(45)27(46)29(48)34(52-19)55-31-22(17-43)53-35(30(49)28(31)47)54-24-10-12-42-18-41(42)14-13-38(6)16-20(39(7)11-9-25(56-39)37(4,5)51)33(50)40(38,8)23(41)15-21(44)32(42)36(24,2)3/h19-35,43-51H,9-18H2,1-8H3. The molecule has 22 unspecified atom stereocenters. The van der Waals surface area contributed by atoms with Crippen molar-refractivity contribution in [3.8, 4) is 0 Å². The average Bonchev–Trinajstić information content (AvgIpc) is 3.48. The highest BCUT2D eigenvalue weighted by Gasteiger charge is 2.85. The van der Waals surface area contributed by atoms with E-state index in [-0.39, 0.29) is 40.1 Å². The van der Waals surface area contributed by atoms with Gasteiger partial charge in [0.25, 0.3) is 0 Å². The minimum atomic E-state index is -1.66. The molecule has 22 atom stereocenters. The summed E-state index contributed by atoms with van der Waals surface area (Å²) in [6.07, 6.45) is -8.74. The quantitative estimate of drug-likeness (QED) is 0.165. The van der Waals surface area contributed by atoms with Crippen molar-refractivity contribution < 1.29 is 69.6 Å². The molecule has 0 radical (unpaired) electrons. The number of aliphatic hydroxyl groups is 9. The SMILES string of the molecule is CC1OC(OC2C(CO)OC(OC3CCC45CC46CCC4(C)CC(C7(C)CCC(C(C)(C)O)O7)C(O)C4(C)C6CC(O)C5C3(C)C)C(O)C2O)C(O)C(O)C1O. The Bertz CT molecular complexity index is 1490. The Labute approximate surface area is 330 Å². The van der Waals surface area contributed by atoms with Gasteiger partial charge in [0.05, 0.1) is 48.3 Å². The first-order chi connectivity index (χ1) is 25.9. The number of hydrogen-bond donors (Lipinski definition) is 9. The molecule has 3 aliphatic heterocycles. The average molecular weight is 799 g/mol. The summed E-state index contributed by atoms with van der Waals surface area (Å²) in [5, 5.41) is 99.6. The maximum atomic E-state index is 12.6. The molecule has 8 fully saturated rings. The summed E-state index contributed by atoms with van der Waals surface area (Å²) in [4.78, 5) is 0. The van der Waals surface area contributed by atoms with E-state index in [1.54, 1.807) is 13.8 Å². The topological polar surface area (TPSA) is 228 Å². The summed E-state index contributed by atoms with van der Waals surface area (Å²) >= 11 is 0.